The van der Waals surface area contributed by atoms with E-state index in [0.717, 1.165) is 11.3 Å². The van der Waals surface area contributed by atoms with E-state index in [1.54, 1.807) is 36.2 Å². The van der Waals surface area contributed by atoms with Crippen molar-refractivity contribution < 1.29 is 17.9 Å². The first kappa shape index (κ1) is 19.1. The predicted molar refractivity (Wildman–Crippen MR) is 109 cm³/mol. The van der Waals surface area contributed by atoms with Gasteiger partial charge < -0.3 is 10.1 Å². The molecule has 1 aliphatic heterocycles. The molecule has 3 heterocycles. The molecule has 0 saturated carbocycles. The van der Waals surface area contributed by atoms with Gasteiger partial charge in [-0.2, -0.15) is 5.10 Å². The maximum absolute atomic E-state index is 12.6. The van der Waals surface area contributed by atoms with Crippen LogP contribution in [-0.2, 0) is 9.84 Å². The molecule has 0 spiro atoms. The number of anilines is 1. The van der Waals surface area contributed by atoms with Gasteiger partial charge in [-0.25, -0.2) is 13.1 Å². The molecule has 1 saturated heterocycles. The van der Waals surface area contributed by atoms with Crippen molar-refractivity contribution in [2.45, 2.75) is 12.5 Å². The zero-order valence-electron chi connectivity index (χ0n) is 15.8. The smallest absolute Gasteiger partial charge is 0.258 e. The fourth-order valence-electron chi connectivity index (χ4n) is 3.32. The number of ether oxygens (including phenoxy) is 1. The number of hydrogen-bond donors (Lipinski definition) is 1. The number of methoxy groups -OCH3 is 1. The Kier molecular flexibility index (Phi) is 5.06. The van der Waals surface area contributed by atoms with Gasteiger partial charge >= 0.3 is 0 Å². The van der Waals surface area contributed by atoms with Gasteiger partial charge in [-0.05, 0) is 42.8 Å². The number of benzene rings is 1. The third-order valence-corrected chi connectivity index (χ3v) is 6.59. The Morgan fingerprint density at radius 1 is 1.24 bits per heavy atom. The van der Waals surface area contributed by atoms with Crippen molar-refractivity contribution in [1.82, 2.24) is 14.8 Å². The van der Waals surface area contributed by atoms with Gasteiger partial charge in [0, 0.05) is 24.0 Å². The van der Waals surface area contributed by atoms with Gasteiger partial charge in [-0.1, -0.05) is 0 Å². The first-order chi connectivity index (χ1) is 13.9. The standard InChI is InChI=1S/C20H20N4O4S/c1-28-17-6-4-14(5-7-17)18-11-19(22-20(25)15-3-2-9-21-12-15)24(23-18)16-8-10-29(26,27)13-16/h2-7,9,11-12,16H,8,10,13H2,1H3,(H,22,25)/t16-/m1/s1. The average Bonchev–Trinajstić information content (AvgIpc) is 3.31. The molecule has 1 amide bonds. The molecule has 3 aromatic rings. The number of hydrogen-bond acceptors (Lipinski definition) is 6. The lowest BCUT2D eigenvalue weighted by molar-refractivity contribution is 0.102. The Morgan fingerprint density at radius 2 is 2.03 bits per heavy atom. The first-order valence-corrected chi connectivity index (χ1v) is 10.9. The molecule has 1 atom stereocenters. The molecule has 0 unspecified atom stereocenters. The predicted octanol–water partition coefficient (Wildman–Crippen LogP) is 2.57. The number of sulfone groups is 1. The van der Waals surface area contributed by atoms with E-state index in [0.29, 0.717) is 23.5 Å². The number of carbonyl (C=O) groups excluding carboxylic acids is 1. The Bertz CT molecular complexity index is 1130. The van der Waals surface area contributed by atoms with Crippen molar-refractivity contribution in [2.24, 2.45) is 0 Å². The quantitative estimate of drug-likeness (QED) is 0.691. The van der Waals surface area contributed by atoms with Gasteiger partial charge in [0.05, 0.1) is 35.9 Å². The summed E-state index contributed by atoms with van der Waals surface area (Å²) in [5.41, 5.74) is 1.88. The van der Waals surface area contributed by atoms with Crippen LogP contribution in [0.4, 0.5) is 5.82 Å². The molecule has 150 valence electrons. The molecule has 0 radical (unpaired) electrons. The minimum Gasteiger partial charge on any atom is -0.497 e. The summed E-state index contributed by atoms with van der Waals surface area (Å²) in [5, 5.41) is 7.46. The number of nitrogens with one attached hydrogen (secondary N) is 1. The molecular formula is C20H20N4O4S. The highest BCUT2D eigenvalue weighted by Crippen LogP contribution is 2.31. The fraction of sp³-hybridized carbons (Fsp3) is 0.250. The Labute approximate surface area is 168 Å². The highest BCUT2D eigenvalue weighted by molar-refractivity contribution is 7.91. The molecule has 29 heavy (non-hydrogen) atoms. The van der Waals surface area contributed by atoms with Gasteiger partial charge in [-0.15, -0.1) is 0 Å². The van der Waals surface area contributed by atoms with Crippen molar-refractivity contribution in [3.63, 3.8) is 0 Å². The van der Waals surface area contributed by atoms with Crippen LogP contribution in [0.1, 0.15) is 22.8 Å². The summed E-state index contributed by atoms with van der Waals surface area (Å²) in [5.74, 6) is 0.964. The summed E-state index contributed by atoms with van der Waals surface area (Å²) in [6.07, 6.45) is 3.52. The lowest BCUT2D eigenvalue weighted by Crippen LogP contribution is -2.19. The fourth-order valence-corrected chi connectivity index (χ4v) is 5.01. The summed E-state index contributed by atoms with van der Waals surface area (Å²) >= 11 is 0. The van der Waals surface area contributed by atoms with E-state index < -0.39 is 9.84 Å². The van der Waals surface area contributed by atoms with Crippen LogP contribution in [0.5, 0.6) is 5.75 Å². The van der Waals surface area contributed by atoms with Gasteiger partial charge in [-0.3, -0.25) is 9.78 Å². The lowest BCUT2D eigenvalue weighted by Gasteiger charge is -2.13. The number of aromatic nitrogens is 3. The van der Waals surface area contributed by atoms with Crippen molar-refractivity contribution in [3.8, 4) is 17.0 Å². The summed E-state index contributed by atoms with van der Waals surface area (Å²) < 4.78 is 30.7. The van der Waals surface area contributed by atoms with Crippen LogP contribution >= 0.6 is 0 Å². The zero-order valence-corrected chi connectivity index (χ0v) is 16.6. The second-order valence-electron chi connectivity index (χ2n) is 6.84. The molecule has 9 heteroatoms. The van der Waals surface area contributed by atoms with Crippen LogP contribution in [0.25, 0.3) is 11.3 Å². The summed E-state index contributed by atoms with van der Waals surface area (Å²) in [6, 6.07) is 12.1. The number of rotatable bonds is 5. The van der Waals surface area contributed by atoms with E-state index in [1.165, 1.54) is 6.20 Å². The highest BCUT2D eigenvalue weighted by atomic mass is 32.2. The first-order valence-electron chi connectivity index (χ1n) is 9.11. The maximum Gasteiger partial charge on any atom is 0.258 e. The largest absolute Gasteiger partial charge is 0.497 e. The van der Waals surface area contributed by atoms with Crippen LogP contribution in [0.2, 0.25) is 0 Å². The molecule has 4 rings (SSSR count). The van der Waals surface area contributed by atoms with Crippen LogP contribution in [0, 0.1) is 0 Å². The molecular weight excluding hydrogens is 392 g/mol. The molecule has 8 nitrogen and oxygen atoms in total. The second kappa shape index (κ2) is 7.67. The van der Waals surface area contributed by atoms with Gasteiger partial charge in [0.25, 0.3) is 5.91 Å². The molecule has 0 aliphatic carbocycles. The maximum atomic E-state index is 12.6. The van der Waals surface area contributed by atoms with E-state index in [1.807, 2.05) is 24.3 Å². The topological polar surface area (TPSA) is 103 Å². The lowest BCUT2D eigenvalue weighted by atomic mass is 10.1. The third kappa shape index (κ3) is 4.14. The Morgan fingerprint density at radius 3 is 2.66 bits per heavy atom. The SMILES string of the molecule is COc1ccc(-c2cc(NC(=O)c3cccnc3)n([C@@H]3CCS(=O)(=O)C3)n2)cc1. The Balaban J connectivity index is 1.69. The second-order valence-corrected chi connectivity index (χ2v) is 9.07. The van der Waals surface area contributed by atoms with Crippen LogP contribution in [-0.4, -0.2) is 47.7 Å². The molecule has 1 aromatic carbocycles. The summed E-state index contributed by atoms with van der Waals surface area (Å²) in [7, 11) is -1.51. The van der Waals surface area contributed by atoms with Gasteiger partial charge in [0.2, 0.25) is 0 Å². The number of pyridine rings is 1. The van der Waals surface area contributed by atoms with E-state index >= 15 is 0 Å². The molecule has 1 fully saturated rings. The molecule has 0 bridgehead atoms. The van der Waals surface area contributed by atoms with Crippen LogP contribution < -0.4 is 10.1 Å². The normalized spacial score (nSPS) is 17.8. The van der Waals surface area contributed by atoms with E-state index in [4.69, 9.17) is 4.74 Å². The summed E-state index contributed by atoms with van der Waals surface area (Å²) in [4.78, 5) is 16.6. The molecule has 2 aromatic heterocycles. The van der Waals surface area contributed by atoms with Crippen molar-refractivity contribution in [3.05, 3.63) is 60.4 Å². The van der Waals surface area contributed by atoms with Crippen LogP contribution in [0.15, 0.2) is 54.9 Å². The van der Waals surface area contributed by atoms with Gasteiger partial charge in [0.15, 0.2) is 9.84 Å². The minimum absolute atomic E-state index is 0.00644. The highest BCUT2D eigenvalue weighted by Gasteiger charge is 2.32. The van der Waals surface area contributed by atoms with Crippen molar-refractivity contribution >= 4 is 21.6 Å². The minimum atomic E-state index is -3.11. The van der Waals surface area contributed by atoms with Crippen molar-refractivity contribution in [2.75, 3.05) is 23.9 Å². The van der Waals surface area contributed by atoms with E-state index in [9.17, 15) is 13.2 Å². The molecule has 1 aliphatic rings. The molecule has 1 N–H and O–H groups in total. The zero-order chi connectivity index (χ0) is 20.4. The Hall–Kier alpha value is -3.20. The van der Waals surface area contributed by atoms with E-state index in [-0.39, 0.29) is 23.5 Å². The van der Waals surface area contributed by atoms with Gasteiger partial charge in [0.1, 0.15) is 11.6 Å². The van der Waals surface area contributed by atoms with Crippen LogP contribution in [0.3, 0.4) is 0 Å². The average molecular weight is 412 g/mol. The summed E-state index contributed by atoms with van der Waals surface area (Å²) in [6.45, 7) is 0. The number of carbonyl (C=O) groups is 1. The third-order valence-electron chi connectivity index (χ3n) is 4.84. The van der Waals surface area contributed by atoms with E-state index in [2.05, 4.69) is 15.4 Å². The van der Waals surface area contributed by atoms with Crippen molar-refractivity contribution in [1.29, 1.82) is 0 Å². The number of amides is 1. The number of nitrogens with zero attached hydrogens (tertiary/aromatic N) is 3. The monoisotopic (exact) mass is 412 g/mol.